The highest BCUT2D eigenvalue weighted by Gasteiger charge is 2.14. The van der Waals surface area contributed by atoms with E-state index in [1.807, 2.05) is 0 Å². The number of nitrogens with one attached hydrogen (secondary N) is 1. The van der Waals surface area contributed by atoms with Crippen LogP contribution in [-0.4, -0.2) is 39.8 Å². The van der Waals surface area contributed by atoms with Crippen molar-refractivity contribution in [3.05, 3.63) is 22.0 Å². The van der Waals surface area contributed by atoms with Crippen molar-refractivity contribution in [3.8, 4) is 0 Å². The zero-order valence-electron chi connectivity index (χ0n) is 7.64. The van der Waals surface area contributed by atoms with Gasteiger partial charge >= 0.3 is 5.95 Å². The maximum Gasteiger partial charge on any atom is 0.432 e. The number of aromatic amines is 1. The van der Waals surface area contributed by atoms with Gasteiger partial charge in [0.1, 0.15) is 11.9 Å². The normalized spacial score (nSPS) is 12.7. The number of hydrogen-bond donors (Lipinski definition) is 2. The van der Waals surface area contributed by atoms with Crippen LogP contribution >= 0.6 is 0 Å². The fraction of sp³-hybridized carbons (Fsp3) is 0.571. The summed E-state index contributed by atoms with van der Waals surface area (Å²) in [5.74, 6) is -0.315. The molecular weight excluding hydrogens is 190 g/mol. The molecule has 1 heterocycles. The van der Waals surface area contributed by atoms with Crippen molar-refractivity contribution < 1.29 is 14.8 Å². The molecule has 0 fully saturated rings. The van der Waals surface area contributed by atoms with Crippen LogP contribution in [0.3, 0.4) is 0 Å². The molecule has 0 bridgehead atoms. The van der Waals surface area contributed by atoms with E-state index in [0.717, 1.165) is 0 Å². The SMILES string of the molecule is COC[C@@H](O)Cc1cnc([N+](=O)[O-])[nH]1. The molecule has 0 aliphatic heterocycles. The first-order chi connectivity index (χ1) is 6.63. The molecule has 0 unspecified atom stereocenters. The van der Waals surface area contributed by atoms with Crippen molar-refractivity contribution in [2.24, 2.45) is 0 Å². The summed E-state index contributed by atoms with van der Waals surface area (Å²) in [5, 5.41) is 19.6. The molecule has 2 N–H and O–H groups in total. The molecule has 0 amide bonds. The zero-order valence-corrected chi connectivity index (χ0v) is 7.64. The van der Waals surface area contributed by atoms with E-state index in [0.29, 0.717) is 5.69 Å². The molecule has 1 aromatic rings. The van der Waals surface area contributed by atoms with Crippen LogP contribution in [0.1, 0.15) is 5.69 Å². The first-order valence-electron chi connectivity index (χ1n) is 3.98. The predicted octanol–water partition coefficient (Wildman–Crippen LogP) is -0.132. The second-order valence-corrected chi connectivity index (χ2v) is 2.80. The Kier molecular flexibility index (Phi) is 3.55. The third-order valence-electron chi connectivity index (χ3n) is 1.60. The molecule has 0 saturated heterocycles. The Morgan fingerprint density at radius 1 is 1.86 bits per heavy atom. The summed E-state index contributed by atoms with van der Waals surface area (Å²) in [6.45, 7) is 0.187. The van der Waals surface area contributed by atoms with Crippen molar-refractivity contribution >= 4 is 5.95 Å². The molecule has 1 atom stereocenters. The van der Waals surface area contributed by atoms with Gasteiger partial charge in [0.15, 0.2) is 0 Å². The highest BCUT2D eigenvalue weighted by Crippen LogP contribution is 2.07. The topological polar surface area (TPSA) is 101 Å². The minimum atomic E-state index is -0.681. The summed E-state index contributed by atoms with van der Waals surface area (Å²) in [6.07, 6.45) is 0.908. The summed E-state index contributed by atoms with van der Waals surface area (Å²) < 4.78 is 4.71. The second kappa shape index (κ2) is 4.68. The molecule has 1 rings (SSSR count). The monoisotopic (exact) mass is 201 g/mol. The number of ether oxygens (including phenoxy) is 1. The van der Waals surface area contributed by atoms with Crippen molar-refractivity contribution in [3.63, 3.8) is 0 Å². The van der Waals surface area contributed by atoms with E-state index >= 15 is 0 Å². The quantitative estimate of drug-likeness (QED) is 0.510. The van der Waals surface area contributed by atoms with Gasteiger partial charge in [-0.3, -0.25) is 0 Å². The van der Waals surface area contributed by atoms with Crippen LogP contribution in [-0.2, 0) is 11.2 Å². The van der Waals surface area contributed by atoms with E-state index in [1.165, 1.54) is 13.3 Å². The third kappa shape index (κ3) is 2.79. The van der Waals surface area contributed by atoms with Crippen LogP contribution in [0.2, 0.25) is 0 Å². The number of aliphatic hydroxyl groups excluding tert-OH is 1. The lowest BCUT2D eigenvalue weighted by Gasteiger charge is -2.04. The van der Waals surface area contributed by atoms with E-state index in [4.69, 9.17) is 4.74 Å². The summed E-state index contributed by atoms with van der Waals surface area (Å²) in [4.78, 5) is 15.6. The molecule has 7 nitrogen and oxygen atoms in total. The van der Waals surface area contributed by atoms with Crippen LogP contribution in [0.4, 0.5) is 5.95 Å². The maximum atomic E-state index is 10.3. The Labute approximate surface area is 79.9 Å². The Morgan fingerprint density at radius 3 is 3.07 bits per heavy atom. The summed E-state index contributed by atoms with van der Waals surface area (Å²) in [5.41, 5.74) is 0.515. The number of nitro groups is 1. The minimum absolute atomic E-state index is 0.187. The lowest BCUT2D eigenvalue weighted by atomic mass is 10.2. The largest absolute Gasteiger partial charge is 0.432 e. The molecule has 78 valence electrons. The molecule has 0 saturated carbocycles. The van der Waals surface area contributed by atoms with Gasteiger partial charge in [-0.2, -0.15) is 0 Å². The lowest BCUT2D eigenvalue weighted by Crippen LogP contribution is -2.17. The molecule has 7 heteroatoms. The number of methoxy groups -OCH3 is 1. The van der Waals surface area contributed by atoms with Gasteiger partial charge in [0, 0.05) is 13.5 Å². The number of aromatic nitrogens is 2. The first kappa shape index (κ1) is 10.6. The number of aliphatic hydroxyl groups is 1. The molecule has 14 heavy (non-hydrogen) atoms. The number of H-pyrrole nitrogens is 1. The van der Waals surface area contributed by atoms with Gasteiger partial charge in [-0.15, -0.1) is 0 Å². The predicted molar refractivity (Wildman–Crippen MR) is 46.8 cm³/mol. The van der Waals surface area contributed by atoms with Gasteiger partial charge in [0.2, 0.25) is 0 Å². The number of nitrogens with zero attached hydrogens (tertiary/aromatic N) is 2. The van der Waals surface area contributed by atoms with Gasteiger partial charge in [0.25, 0.3) is 0 Å². The van der Waals surface area contributed by atoms with Crippen molar-refractivity contribution in [1.82, 2.24) is 9.97 Å². The molecule has 0 aliphatic carbocycles. The van der Waals surface area contributed by atoms with Crippen LogP contribution < -0.4 is 0 Å². The van der Waals surface area contributed by atoms with E-state index in [2.05, 4.69) is 9.97 Å². The molecule has 0 aromatic carbocycles. The standard InChI is InChI=1S/C7H11N3O4/c1-14-4-6(11)2-5-3-8-7(9-5)10(12)13/h3,6,11H,2,4H2,1H3,(H,8,9)/t6-/m0/s1. The first-order valence-corrected chi connectivity index (χ1v) is 3.98. The van der Waals surface area contributed by atoms with Gasteiger partial charge < -0.3 is 20.0 Å². The van der Waals surface area contributed by atoms with Crippen LogP contribution in [0.5, 0.6) is 0 Å². The van der Waals surface area contributed by atoms with Crippen molar-refractivity contribution in [2.75, 3.05) is 13.7 Å². The Hall–Kier alpha value is -1.47. The lowest BCUT2D eigenvalue weighted by molar-refractivity contribution is -0.393. The van der Waals surface area contributed by atoms with Gasteiger partial charge in [0.05, 0.1) is 12.7 Å². The highest BCUT2D eigenvalue weighted by molar-refractivity contribution is 5.11. The summed E-state index contributed by atoms with van der Waals surface area (Å²) in [6, 6.07) is 0. The fourth-order valence-electron chi connectivity index (χ4n) is 1.05. The molecule has 0 aliphatic rings. The summed E-state index contributed by atoms with van der Waals surface area (Å²) in [7, 11) is 1.47. The average molecular weight is 201 g/mol. The Bertz CT molecular complexity index is 312. The van der Waals surface area contributed by atoms with Crippen LogP contribution in [0.15, 0.2) is 6.20 Å². The maximum absolute atomic E-state index is 10.3. The van der Waals surface area contributed by atoms with Crippen LogP contribution in [0, 0.1) is 10.1 Å². The molecular formula is C7H11N3O4. The number of rotatable bonds is 5. The average Bonchev–Trinajstić information content (AvgIpc) is 2.53. The van der Waals surface area contributed by atoms with E-state index in [9.17, 15) is 15.2 Å². The summed E-state index contributed by atoms with van der Waals surface area (Å²) >= 11 is 0. The Balaban J connectivity index is 2.55. The number of imidazole rings is 1. The van der Waals surface area contributed by atoms with Crippen molar-refractivity contribution in [1.29, 1.82) is 0 Å². The zero-order chi connectivity index (χ0) is 10.6. The number of hydrogen-bond acceptors (Lipinski definition) is 5. The molecule has 1 aromatic heterocycles. The van der Waals surface area contributed by atoms with Crippen LogP contribution in [0.25, 0.3) is 0 Å². The van der Waals surface area contributed by atoms with Crippen molar-refractivity contribution in [2.45, 2.75) is 12.5 Å². The van der Waals surface area contributed by atoms with Gasteiger partial charge in [-0.1, -0.05) is 4.98 Å². The highest BCUT2D eigenvalue weighted by atomic mass is 16.6. The van der Waals surface area contributed by atoms with E-state index < -0.39 is 11.0 Å². The smallest absolute Gasteiger partial charge is 0.390 e. The fourth-order valence-corrected chi connectivity index (χ4v) is 1.05. The molecule has 0 radical (unpaired) electrons. The second-order valence-electron chi connectivity index (χ2n) is 2.80. The molecule has 0 spiro atoms. The Morgan fingerprint density at radius 2 is 2.57 bits per heavy atom. The minimum Gasteiger partial charge on any atom is -0.390 e. The third-order valence-corrected chi connectivity index (χ3v) is 1.60. The van der Waals surface area contributed by atoms with Gasteiger partial charge in [-0.05, 0) is 4.92 Å². The van der Waals surface area contributed by atoms with E-state index in [-0.39, 0.29) is 19.0 Å². The van der Waals surface area contributed by atoms with E-state index in [1.54, 1.807) is 0 Å². The van der Waals surface area contributed by atoms with Gasteiger partial charge in [-0.25, -0.2) is 4.98 Å².